The Labute approximate surface area is 371 Å². The van der Waals surface area contributed by atoms with E-state index in [1.54, 1.807) is 0 Å². The van der Waals surface area contributed by atoms with E-state index in [4.69, 9.17) is 12.1 Å². The van der Waals surface area contributed by atoms with E-state index >= 15 is 0 Å². The molecule has 0 unspecified atom stereocenters. The van der Waals surface area contributed by atoms with Crippen LogP contribution in [0.25, 0.3) is 0 Å². The van der Waals surface area contributed by atoms with E-state index in [-0.39, 0.29) is 186 Å². The minimum absolute atomic E-state index is 0. The molecule has 0 amide bonds. The van der Waals surface area contributed by atoms with Gasteiger partial charge in [-0.2, -0.15) is 0 Å². The topological polar surface area (TPSA) is 475 Å². The number of fused-ring (bicyclic) bond motifs is 2. The number of hydrogen-bond acceptors (Lipinski definition) is 12. The summed E-state index contributed by atoms with van der Waals surface area (Å²) in [5.74, 6) is -3.02. The fraction of sp³-hybridized carbons (Fsp3) is 0. The van der Waals surface area contributed by atoms with Crippen LogP contribution in [0.1, 0.15) is 0 Å². The molecule has 1 spiro atoms. The van der Waals surface area contributed by atoms with Gasteiger partial charge in [-0.3, -0.25) is 0 Å². The van der Waals surface area contributed by atoms with Crippen molar-refractivity contribution < 1.29 is 102 Å². The van der Waals surface area contributed by atoms with Gasteiger partial charge in [-0.1, -0.05) is 0 Å². The van der Waals surface area contributed by atoms with Crippen LogP contribution >= 0.6 is 0 Å². The third kappa shape index (κ3) is 15.1. The van der Waals surface area contributed by atoms with E-state index in [1.165, 1.54) is 0 Å². The molecule has 0 atom stereocenters. The molecule has 4 rings (SSSR count). The minimum atomic E-state index is -5.70. The third-order valence-electron chi connectivity index (χ3n) is 4.06. The molecule has 2 aliphatic rings. The molecular formula is C12H28Na5O23S4Sb. The van der Waals surface area contributed by atoms with Gasteiger partial charge < -0.3 is 38.3 Å². The molecule has 0 aliphatic carbocycles. The van der Waals surface area contributed by atoms with Crippen LogP contribution < -0.4 is 12.1 Å². The van der Waals surface area contributed by atoms with Gasteiger partial charge in [-0.25, -0.2) is 0 Å². The van der Waals surface area contributed by atoms with Crippen LogP contribution in [-0.4, -0.2) is 258 Å². The molecule has 0 saturated carbocycles. The molecule has 0 aromatic heterocycles. The van der Waals surface area contributed by atoms with Crippen molar-refractivity contribution in [3.05, 3.63) is 24.3 Å². The van der Waals surface area contributed by atoms with Gasteiger partial charge >= 0.3 is 340 Å². The molecule has 248 valence electrons. The van der Waals surface area contributed by atoms with E-state index in [1.807, 2.05) is 0 Å². The van der Waals surface area contributed by atoms with Gasteiger partial charge in [0, 0.05) is 0 Å². The summed E-state index contributed by atoms with van der Waals surface area (Å²) in [6.45, 7) is 0. The Hall–Kier alpha value is 2.82. The van der Waals surface area contributed by atoms with Crippen LogP contribution in [0.3, 0.4) is 0 Å². The van der Waals surface area contributed by atoms with Gasteiger partial charge in [0.1, 0.15) is 0 Å². The zero-order valence-corrected chi connectivity index (χ0v) is 24.8. The summed E-state index contributed by atoms with van der Waals surface area (Å²) < 4.78 is 151. The summed E-state index contributed by atoms with van der Waals surface area (Å²) in [5, 5.41) is 0. The van der Waals surface area contributed by atoms with Crippen LogP contribution in [-0.2, 0) is 40.5 Å². The third-order valence-corrected chi connectivity index (χ3v) is 12.7. The quantitative estimate of drug-likeness (QED) is 0.163. The summed E-state index contributed by atoms with van der Waals surface area (Å²) in [6, 6.07) is 1.85. The Morgan fingerprint density at radius 2 is 0.667 bits per heavy atom. The standard InChI is InChI=1S/2C6H6O8S2.5Na.7H2O.Sb.6H/c2*7-4-1-3(15(9,10)11)2-5(6(4)8)16(12,13)14;;;;;;;;;;;;;;;;;;;/h2*1-2,7-8H,(H,9,10,11)(H,12,13,14);;;;;;7*1H2;;;;;;;/q;;;;;;;;;;;;;;+4;;;;;;/p-4. The van der Waals surface area contributed by atoms with Gasteiger partial charge in [0.15, 0.2) is 0 Å². The van der Waals surface area contributed by atoms with Crippen molar-refractivity contribution in [2.24, 2.45) is 0 Å². The molecular weight excluding hydrogens is 877 g/mol. The molecule has 0 radical (unpaired) electrons. The number of hydrogen-bond donors (Lipinski definition) is 4. The maximum absolute atomic E-state index is 11.7. The molecule has 2 aromatic carbocycles. The van der Waals surface area contributed by atoms with E-state index < -0.39 is 104 Å². The molecule has 45 heavy (non-hydrogen) atoms. The molecule has 0 bridgehead atoms. The average molecular weight is 905 g/mol. The summed E-state index contributed by atoms with van der Waals surface area (Å²) in [5.41, 5.74) is 0. The fourth-order valence-electron chi connectivity index (χ4n) is 2.78. The van der Waals surface area contributed by atoms with Crippen molar-refractivity contribution in [1.29, 1.82) is 0 Å². The zero-order chi connectivity index (χ0) is 24.8. The number of benzene rings is 2. The first-order chi connectivity index (χ1) is 14.8. The normalized spacial score (nSPS) is 13.1. The predicted octanol–water partition coefficient (Wildman–Crippen LogP) is -9.93. The van der Waals surface area contributed by atoms with E-state index in [0.717, 1.165) is 0 Å². The van der Waals surface area contributed by atoms with Crippen LogP contribution in [0, 0.1) is 0 Å². The van der Waals surface area contributed by atoms with Gasteiger partial charge in [0.25, 0.3) is 0 Å². The second kappa shape index (κ2) is 23.4. The molecule has 2 aromatic rings. The van der Waals surface area contributed by atoms with Crippen molar-refractivity contribution in [3.8, 4) is 23.0 Å². The van der Waals surface area contributed by atoms with Crippen molar-refractivity contribution >= 4 is 209 Å². The first-order valence-electron chi connectivity index (χ1n) is 7.82. The Morgan fingerprint density at radius 3 is 0.867 bits per heavy atom. The molecule has 0 saturated heterocycles. The molecule has 2 aliphatic heterocycles. The zero-order valence-electron chi connectivity index (χ0n) is 18.6. The van der Waals surface area contributed by atoms with Gasteiger partial charge in [-0.15, -0.1) is 0 Å². The van der Waals surface area contributed by atoms with Crippen LogP contribution in [0.5, 0.6) is 23.0 Å². The monoisotopic (exact) mass is 904 g/mol. The van der Waals surface area contributed by atoms with Crippen molar-refractivity contribution in [1.82, 2.24) is 0 Å². The van der Waals surface area contributed by atoms with E-state index in [0.29, 0.717) is 24.3 Å². The molecule has 33 heteroatoms. The summed E-state index contributed by atoms with van der Waals surface area (Å²) in [4.78, 5) is -4.44. The maximum atomic E-state index is 11.7. The summed E-state index contributed by atoms with van der Waals surface area (Å²) >= 11 is -5.70. The number of rotatable bonds is 4. The first kappa shape index (κ1) is 69.6. The summed E-state index contributed by atoms with van der Waals surface area (Å²) in [7, 11) is -20.4. The Kier molecular flexibility index (Phi) is 36.2. The van der Waals surface area contributed by atoms with Crippen LogP contribution in [0.4, 0.5) is 0 Å². The van der Waals surface area contributed by atoms with E-state index in [9.17, 15) is 51.9 Å². The van der Waals surface area contributed by atoms with Gasteiger partial charge in [-0.05, 0) is 0 Å². The first-order valence-corrected chi connectivity index (χ1v) is 18.2. The van der Waals surface area contributed by atoms with Crippen molar-refractivity contribution in [2.75, 3.05) is 0 Å². The van der Waals surface area contributed by atoms with Gasteiger partial charge in [0.05, 0.1) is 0 Å². The molecule has 2 heterocycles. The van der Waals surface area contributed by atoms with Crippen LogP contribution in [0.2, 0.25) is 0 Å². The Morgan fingerprint density at radius 1 is 0.422 bits per heavy atom. The van der Waals surface area contributed by atoms with Crippen molar-refractivity contribution in [2.45, 2.75) is 19.6 Å². The summed E-state index contributed by atoms with van der Waals surface area (Å²) in [6.07, 6.45) is 0. The van der Waals surface area contributed by atoms with Crippen LogP contribution in [0.15, 0.2) is 43.8 Å². The molecule has 18 N–H and O–H groups in total. The van der Waals surface area contributed by atoms with E-state index in [2.05, 4.69) is 0 Å². The fourth-order valence-corrected chi connectivity index (χ4v) is 11.5. The van der Waals surface area contributed by atoms with Crippen molar-refractivity contribution in [3.63, 3.8) is 0 Å². The Bertz CT molecular complexity index is 1560. The van der Waals surface area contributed by atoms with Gasteiger partial charge in [0.2, 0.25) is 0 Å². The second-order valence-electron chi connectivity index (χ2n) is 6.31. The second-order valence-corrected chi connectivity index (χ2v) is 17.1. The SMILES string of the molecule is O.O.O.O.O.O.O.O=S(=O)(O)c1cc2c(c(S(=O)(=O)O)c1)[O][SbH]1([O]2)[O]c2cc(S(=O)(=O)O)cc(S(=O)(=O)O)c2[O]1.[NaH].[NaH].[NaH].[NaH].[NaH]. The predicted molar refractivity (Wildman–Crippen MR) is 163 cm³/mol. The molecule has 0 fully saturated rings. The average Bonchev–Trinajstić information content (AvgIpc) is 3.14. The Balaban J connectivity index is -0.000000154. The molecule has 23 nitrogen and oxygen atoms in total.